The van der Waals surface area contributed by atoms with Gasteiger partial charge in [-0.15, -0.1) is 0 Å². The van der Waals surface area contributed by atoms with Crippen LogP contribution in [0.4, 0.5) is 8.78 Å². The van der Waals surface area contributed by atoms with Gasteiger partial charge in [-0.05, 0) is 48.4 Å². The number of halogens is 2. The largest absolute Gasteiger partial charge is 0.488 e. The van der Waals surface area contributed by atoms with Crippen molar-refractivity contribution in [2.45, 2.75) is 13.5 Å². The summed E-state index contributed by atoms with van der Waals surface area (Å²) in [6.07, 6.45) is 0.538. The lowest BCUT2D eigenvalue weighted by atomic mass is 10.1. The third kappa shape index (κ3) is 3.16. The molecule has 0 saturated carbocycles. The Morgan fingerprint density at radius 3 is 2.47 bits per heavy atom. The van der Waals surface area contributed by atoms with E-state index >= 15 is 0 Å². The number of ether oxygens (including phenoxy) is 1. The third-order valence-corrected chi connectivity index (χ3v) is 2.79. The number of rotatable bonds is 4. The highest BCUT2D eigenvalue weighted by molar-refractivity contribution is 5.79. The Kier molecular flexibility index (Phi) is 3.90. The maximum Gasteiger partial charge on any atom is 0.153 e. The van der Waals surface area contributed by atoms with Crippen molar-refractivity contribution in [3.8, 4) is 5.75 Å². The molecule has 0 unspecified atom stereocenters. The van der Waals surface area contributed by atoms with E-state index in [1.165, 1.54) is 24.3 Å². The van der Waals surface area contributed by atoms with Gasteiger partial charge in [0.05, 0.1) is 5.56 Å². The van der Waals surface area contributed by atoms with E-state index in [2.05, 4.69) is 0 Å². The molecule has 0 aliphatic rings. The number of aldehydes is 1. The molecule has 19 heavy (non-hydrogen) atoms. The van der Waals surface area contributed by atoms with Gasteiger partial charge in [0.25, 0.3) is 0 Å². The van der Waals surface area contributed by atoms with Gasteiger partial charge in [-0.1, -0.05) is 6.07 Å². The fourth-order valence-electron chi connectivity index (χ4n) is 1.72. The van der Waals surface area contributed by atoms with Crippen molar-refractivity contribution in [3.05, 3.63) is 64.7 Å². The van der Waals surface area contributed by atoms with E-state index in [9.17, 15) is 13.6 Å². The number of carbonyl (C=O) groups is 1. The van der Waals surface area contributed by atoms with Crippen LogP contribution in [0.3, 0.4) is 0 Å². The first-order chi connectivity index (χ1) is 9.10. The molecule has 0 saturated heterocycles. The molecule has 0 N–H and O–H groups in total. The predicted octanol–water partition coefficient (Wildman–Crippen LogP) is 3.66. The molecule has 0 aliphatic carbocycles. The Bertz CT molecular complexity index is 609. The van der Waals surface area contributed by atoms with Gasteiger partial charge in [-0.3, -0.25) is 4.79 Å². The lowest BCUT2D eigenvalue weighted by molar-refractivity contribution is 0.111. The Morgan fingerprint density at radius 1 is 1.11 bits per heavy atom. The minimum absolute atomic E-state index is 0.153. The van der Waals surface area contributed by atoms with Gasteiger partial charge in [-0.25, -0.2) is 8.78 Å². The van der Waals surface area contributed by atoms with Crippen LogP contribution in [0, 0.1) is 18.6 Å². The molecular formula is C15H12F2O2. The smallest absolute Gasteiger partial charge is 0.153 e. The van der Waals surface area contributed by atoms with E-state index in [0.717, 1.165) is 17.2 Å². The lowest BCUT2D eigenvalue weighted by Crippen LogP contribution is -2.01. The van der Waals surface area contributed by atoms with Gasteiger partial charge in [0.15, 0.2) is 6.29 Å². The first-order valence-corrected chi connectivity index (χ1v) is 5.72. The van der Waals surface area contributed by atoms with Crippen LogP contribution in [0.15, 0.2) is 36.4 Å². The molecule has 2 rings (SSSR count). The van der Waals surface area contributed by atoms with E-state index < -0.39 is 5.82 Å². The average Bonchev–Trinajstić information content (AvgIpc) is 2.39. The minimum atomic E-state index is -0.493. The number of benzene rings is 2. The second-order valence-corrected chi connectivity index (χ2v) is 4.16. The molecule has 2 aromatic carbocycles. The minimum Gasteiger partial charge on any atom is -0.488 e. The highest BCUT2D eigenvalue weighted by Crippen LogP contribution is 2.20. The number of hydrogen-bond donors (Lipinski definition) is 0. The summed E-state index contributed by atoms with van der Waals surface area (Å²) in [4.78, 5) is 10.8. The van der Waals surface area contributed by atoms with Gasteiger partial charge in [0.2, 0.25) is 0 Å². The molecule has 0 amide bonds. The van der Waals surface area contributed by atoms with Gasteiger partial charge in [0, 0.05) is 0 Å². The summed E-state index contributed by atoms with van der Waals surface area (Å²) < 4.78 is 31.4. The lowest BCUT2D eigenvalue weighted by Gasteiger charge is -2.10. The highest BCUT2D eigenvalue weighted by Gasteiger charge is 2.06. The summed E-state index contributed by atoms with van der Waals surface area (Å²) in [5.74, 6) is -0.496. The Labute approximate surface area is 109 Å². The fourth-order valence-corrected chi connectivity index (χ4v) is 1.72. The molecule has 0 aliphatic heterocycles. The van der Waals surface area contributed by atoms with Crippen LogP contribution < -0.4 is 4.74 Å². The zero-order valence-electron chi connectivity index (χ0n) is 10.3. The van der Waals surface area contributed by atoms with Crippen molar-refractivity contribution < 1.29 is 18.3 Å². The average molecular weight is 262 g/mol. The molecule has 0 spiro atoms. The van der Waals surface area contributed by atoms with Crippen LogP contribution in [0.5, 0.6) is 5.75 Å². The van der Waals surface area contributed by atoms with E-state index in [1.807, 2.05) is 0 Å². The fraction of sp³-hybridized carbons (Fsp3) is 0.133. The Hall–Kier alpha value is -2.23. The highest BCUT2D eigenvalue weighted by atomic mass is 19.1. The molecule has 0 aromatic heterocycles. The molecule has 0 fully saturated rings. The van der Waals surface area contributed by atoms with Crippen molar-refractivity contribution in [2.24, 2.45) is 0 Å². The maximum atomic E-state index is 12.9. The van der Waals surface area contributed by atoms with Crippen LogP contribution in [-0.4, -0.2) is 6.29 Å². The van der Waals surface area contributed by atoms with Crippen LogP contribution in [-0.2, 0) is 6.61 Å². The summed E-state index contributed by atoms with van der Waals surface area (Å²) in [6.45, 7) is 1.96. The summed E-state index contributed by atoms with van der Waals surface area (Å²) in [5.41, 5.74) is 1.72. The Morgan fingerprint density at radius 2 is 1.79 bits per heavy atom. The quantitative estimate of drug-likeness (QED) is 0.786. The van der Waals surface area contributed by atoms with E-state index in [0.29, 0.717) is 12.0 Å². The number of carbonyl (C=O) groups excluding carboxylic acids is 1. The monoisotopic (exact) mass is 262 g/mol. The first-order valence-electron chi connectivity index (χ1n) is 5.72. The summed E-state index contributed by atoms with van der Waals surface area (Å²) in [5, 5.41) is 0. The van der Waals surface area contributed by atoms with Gasteiger partial charge in [-0.2, -0.15) is 0 Å². The molecule has 98 valence electrons. The SMILES string of the molecule is Cc1cc(F)ccc1COc1ccc(F)cc1C=O. The topological polar surface area (TPSA) is 26.3 Å². The Balaban J connectivity index is 2.16. The van der Waals surface area contributed by atoms with Crippen LogP contribution in [0.2, 0.25) is 0 Å². The predicted molar refractivity (Wildman–Crippen MR) is 67.3 cm³/mol. The summed E-state index contributed by atoms with van der Waals surface area (Å²) in [7, 11) is 0. The van der Waals surface area contributed by atoms with Crippen molar-refractivity contribution in [3.63, 3.8) is 0 Å². The van der Waals surface area contributed by atoms with Gasteiger partial charge < -0.3 is 4.74 Å². The maximum absolute atomic E-state index is 12.9. The van der Waals surface area contributed by atoms with Gasteiger partial charge in [0.1, 0.15) is 24.0 Å². The zero-order valence-corrected chi connectivity index (χ0v) is 10.3. The molecule has 0 atom stereocenters. The number of hydrogen-bond acceptors (Lipinski definition) is 2. The van der Waals surface area contributed by atoms with Crippen molar-refractivity contribution >= 4 is 6.29 Å². The molecule has 0 heterocycles. The van der Waals surface area contributed by atoms with E-state index in [1.54, 1.807) is 13.0 Å². The van der Waals surface area contributed by atoms with Crippen LogP contribution in [0.1, 0.15) is 21.5 Å². The van der Waals surface area contributed by atoms with Crippen molar-refractivity contribution in [1.29, 1.82) is 0 Å². The van der Waals surface area contributed by atoms with Crippen molar-refractivity contribution in [1.82, 2.24) is 0 Å². The van der Waals surface area contributed by atoms with E-state index in [-0.39, 0.29) is 18.0 Å². The van der Waals surface area contributed by atoms with E-state index in [4.69, 9.17) is 4.74 Å². The molecule has 2 nitrogen and oxygen atoms in total. The molecule has 0 radical (unpaired) electrons. The molecular weight excluding hydrogens is 250 g/mol. The third-order valence-electron chi connectivity index (χ3n) is 2.79. The normalized spacial score (nSPS) is 10.3. The second kappa shape index (κ2) is 5.61. The first kappa shape index (κ1) is 13.2. The van der Waals surface area contributed by atoms with Gasteiger partial charge >= 0.3 is 0 Å². The van der Waals surface area contributed by atoms with Crippen LogP contribution in [0.25, 0.3) is 0 Å². The number of aryl methyl sites for hydroxylation is 1. The second-order valence-electron chi connectivity index (χ2n) is 4.16. The molecule has 0 bridgehead atoms. The van der Waals surface area contributed by atoms with Crippen LogP contribution >= 0.6 is 0 Å². The standard InChI is InChI=1S/C15H12F2O2/c1-10-6-13(16)3-2-11(10)9-19-15-5-4-14(17)7-12(15)8-18/h2-8H,9H2,1H3. The zero-order chi connectivity index (χ0) is 13.8. The molecule has 4 heteroatoms. The molecule has 2 aromatic rings. The summed E-state index contributed by atoms with van der Waals surface area (Å²) >= 11 is 0. The van der Waals surface area contributed by atoms with Crippen molar-refractivity contribution in [2.75, 3.05) is 0 Å². The summed E-state index contributed by atoms with van der Waals surface area (Å²) in [6, 6.07) is 8.10.